The Balaban J connectivity index is 1.65. The first-order valence-electron chi connectivity index (χ1n) is 11.1. The summed E-state index contributed by atoms with van der Waals surface area (Å²) in [5, 5.41) is 3.66. The average molecular weight is 443 g/mol. The second kappa shape index (κ2) is 9.01. The van der Waals surface area contributed by atoms with Gasteiger partial charge in [0.2, 0.25) is 11.6 Å². The van der Waals surface area contributed by atoms with Crippen LogP contribution in [0, 0.1) is 0 Å². The lowest BCUT2D eigenvalue weighted by Gasteiger charge is -2.31. The van der Waals surface area contributed by atoms with E-state index in [0.29, 0.717) is 17.2 Å². The second-order valence-electron chi connectivity index (χ2n) is 8.20. The Kier molecular flexibility index (Phi) is 5.77. The topological polar surface area (TPSA) is 123 Å². The molecule has 0 aliphatic carbocycles. The van der Waals surface area contributed by atoms with Gasteiger partial charge in [-0.05, 0) is 42.7 Å². The van der Waals surface area contributed by atoms with Crippen LogP contribution in [0.25, 0.3) is 33.6 Å². The first-order chi connectivity index (χ1) is 16.1. The number of hydrogen-bond donors (Lipinski definition) is 3. The summed E-state index contributed by atoms with van der Waals surface area (Å²) in [6, 6.07) is 17.9. The van der Waals surface area contributed by atoms with E-state index in [9.17, 15) is 4.79 Å². The van der Waals surface area contributed by atoms with E-state index in [-0.39, 0.29) is 18.5 Å². The minimum Gasteiger partial charge on any atom is -0.437 e. The summed E-state index contributed by atoms with van der Waals surface area (Å²) >= 11 is 0. The van der Waals surface area contributed by atoms with E-state index in [1.807, 2.05) is 42.5 Å². The fraction of sp³-hybridized carbons (Fsp3) is 0.240. The largest absolute Gasteiger partial charge is 0.437 e. The van der Waals surface area contributed by atoms with Crippen molar-refractivity contribution in [2.75, 3.05) is 29.9 Å². The van der Waals surface area contributed by atoms with Gasteiger partial charge in [0.15, 0.2) is 0 Å². The van der Waals surface area contributed by atoms with E-state index in [2.05, 4.69) is 32.3 Å². The Morgan fingerprint density at radius 1 is 1.03 bits per heavy atom. The Bertz CT molecular complexity index is 1260. The molecule has 4 aromatic rings. The maximum Gasteiger partial charge on any atom is 0.238 e. The van der Waals surface area contributed by atoms with Crippen LogP contribution in [-0.4, -0.2) is 41.6 Å². The average Bonchev–Trinajstić information content (AvgIpc) is 3.25. The zero-order valence-electron chi connectivity index (χ0n) is 18.2. The van der Waals surface area contributed by atoms with Crippen LogP contribution in [0.1, 0.15) is 12.8 Å². The Hall–Kier alpha value is -3.75. The second-order valence-corrected chi connectivity index (χ2v) is 8.20. The van der Waals surface area contributed by atoms with Crippen molar-refractivity contribution in [3.63, 3.8) is 0 Å². The van der Waals surface area contributed by atoms with Crippen LogP contribution in [0.3, 0.4) is 0 Å². The predicted molar refractivity (Wildman–Crippen MR) is 130 cm³/mol. The number of nitrogens with zero attached hydrogens (tertiary/aromatic N) is 3. The summed E-state index contributed by atoms with van der Waals surface area (Å²) in [7, 11) is 0. The number of anilines is 2. The van der Waals surface area contributed by atoms with Crippen LogP contribution in [-0.2, 0) is 4.79 Å². The number of rotatable bonds is 5. The lowest BCUT2D eigenvalue weighted by molar-refractivity contribution is -0.114. The van der Waals surface area contributed by atoms with Gasteiger partial charge in [0.25, 0.3) is 0 Å². The highest BCUT2D eigenvalue weighted by atomic mass is 16.3. The molecule has 1 fully saturated rings. The van der Waals surface area contributed by atoms with Crippen molar-refractivity contribution in [2.24, 2.45) is 11.5 Å². The molecule has 8 nitrogen and oxygen atoms in total. The van der Waals surface area contributed by atoms with Crippen molar-refractivity contribution in [3.05, 3.63) is 60.9 Å². The number of benzene rings is 2. The highest BCUT2D eigenvalue weighted by Crippen LogP contribution is 2.43. The number of furan rings is 1. The van der Waals surface area contributed by atoms with Gasteiger partial charge in [0.05, 0.1) is 11.9 Å². The molecule has 2 aromatic carbocycles. The van der Waals surface area contributed by atoms with E-state index in [1.54, 1.807) is 6.33 Å². The third-order valence-corrected chi connectivity index (χ3v) is 5.99. The number of amides is 1. The molecule has 2 aromatic heterocycles. The Labute approximate surface area is 191 Å². The van der Waals surface area contributed by atoms with Crippen molar-refractivity contribution in [2.45, 2.75) is 18.9 Å². The van der Waals surface area contributed by atoms with Crippen molar-refractivity contribution in [1.82, 2.24) is 9.97 Å². The van der Waals surface area contributed by atoms with Crippen molar-refractivity contribution < 1.29 is 9.21 Å². The SMILES string of the molecule is NCC(=O)Nc1ccc(-c2oc3ncnc(N4CCC(N)CC4)c3c2-c2ccccc2)cc1. The number of piperidine rings is 1. The summed E-state index contributed by atoms with van der Waals surface area (Å²) in [5.41, 5.74) is 15.6. The van der Waals surface area contributed by atoms with Crippen molar-refractivity contribution in [1.29, 1.82) is 0 Å². The summed E-state index contributed by atoms with van der Waals surface area (Å²) in [4.78, 5) is 23.0. The third-order valence-electron chi connectivity index (χ3n) is 5.99. The lowest BCUT2D eigenvalue weighted by atomic mass is 9.98. The first-order valence-corrected chi connectivity index (χ1v) is 11.1. The molecule has 0 bridgehead atoms. The predicted octanol–water partition coefficient (Wildman–Crippen LogP) is 3.38. The number of carbonyl (C=O) groups excluding carboxylic acids is 1. The number of hydrogen-bond acceptors (Lipinski definition) is 7. The molecule has 168 valence electrons. The molecule has 0 spiro atoms. The number of nitrogens with two attached hydrogens (primary N) is 2. The van der Waals surface area contributed by atoms with Gasteiger partial charge in [-0.2, -0.15) is 0 Å². The molecule has 1 saturated heterocycles. The Morgan fingerprint density at radius 2 is 1.76 bits per heavy atom. The van der Waals surface area contributed by atoms with E-state index in [4.69, 9.17) is 15.9 Å². The summed E-state index contributed by atoms with van der Waals surface area (Å²) in [5.74, 6) is 1.34. The van der Waals surface area contributed by atoms with E-state index < -0.39 is 0 Å². The van der Waals surface area contributed by atoms with Crippen molar-refractivity contribution >= 4 is 28.5 Å². The smallest absolute Gasteiger partial charge is 0.238 e. The minimum atomic E-state index is -0.238. The molecule has 5 N–H and O–H groups in total. The fourth-order valence-electron chi connectivity index (χ4n) is 4.27. The van der Waals surface area contributed by atoms with Crippen LogP contribution in [0.2, 0.25) is 0 Å². The van der Waals surface area contributed by atoms with E-state index in [0.717, 1.165) is 53.8 Å². The molecular weight excluding hydrogens is 416 g/mol. The van der Waals surface area contributed by atoms with Crippen LogP contribution in [0.4, 0.5) is 11.5 Å². The van der Waals surface area contributed by atoms with Gasteiger partial charge in [0.1, 0.15) is 17.9 Å². The zero-order chi connectivity index (χ0) is 22.8. The quantitative estimate of drug-likeness (QED) is 0.433. The summed E-state index contributed by atoms with van der Waals surface area (Å²) in [6.07, 6.45) is 3.40. The zero-order valence-corrected chi connectivity index (χ0v) is 18.2. The van der Waals surface area contributed by atoms with Gasteiger partial charge < -0.3 is 26.1 Å². The molecule has 33 heavy (non-hydrogen) atoms. The third kappa shape index (κ3) is 4.18. The molecule has 3 heterocycles. The standard InChI is InChI=1S/C25H26N6O2/c26-14-20(32)30-19-8-6-17(7-9-19)23-21(16-4-2-1-3-5-16)22-24(28-15-29-25(22)33-23)31-12-10-18(27)11-13-31/h1-9,15,18H,10-14,26-27H2,(H,30,32). The van der Waals surface area contributed by atoms with Gasteiger partial charge in [-0.15, -0.1) is 0 Å². The molecule has 1 aliphatic rings. The van der Waals surface area contributed by atoms with Crippen LogP contribution >= 0.6 is 0 Å². The number of carbonyl (C=O) groups is 1. The normalized spacial score (nSPS) is 14.5. The van der Waals surface area contributed by atoms with Gasteiger partial charge in [-0.1, -0.05) is 30.3 Å². The number of fused-ring (bicyclic) bond motifs is 1. The molecule has 8 heteroatoms. The molecule has 5 rings (SSSR count). The van der Waals surface area contributed by atoms with Crippen LogP contribution in [0.5, 0.6) is 0 Å². The van der Waals surface area contributed by atoms with Crippen LogP contribution < -0.4 is 21.7 Å². The maximum absolute atomic E-state index is 11.6. The molecule has 0 radical (unpaired) electrons. The highest BCUT2D eigenvalue weighted by Gasteiger charge is 2.26. The highest BCUT2D eigenvalue weighted by molar-refractivity contribution is 6.06. The van der Waals surface area contributed by atoms with Crippen LogP contribution in [0.15, 0.2) is 65.3 Å². The van der Waals surface area contributed by atoms with Gasteiger partial charge in [-0.3, -0.25) is 4.79 Å². The van der Waals surface area contributed by atoms with Crippen molar-refractivity contribution in [3.8, 4) is 22.5 Å². The monoisotopic (exact) mass is 442 g/mol. The summed E-state index contributed by atoms with van der Waals surface area (Å²) in [6.45, 7) is 1.63. The number of aromatic nitrogens is 2. The molecule has 0 unspecified atom stereocenters. The molecular formula is C25H26N6O2. The fourth-order valence-corrected chi connectivity index (χ4v) is 4.27. The summed E-state index contributed by atoms with van der Waals surface area (Å²) < 4.78 is 6.32. The number of nitrogens with one attached hydrogen (secondary N) is 1. The van der Waals surface area contributed by atoms with E-state index in [1.165, 1.54) is 0 Å². The van der Waals surface area contributed by atoms with Gasteiger partial charge in [0, 0.05) is 35.9 Å². The Morgan fingerprint density at radius 3 is 2.45 bits per heavy atom. The minimum absolute atomic E-state index is 0.0632. The van der Waals surface area contributed by atoms with E-state index >= 15 is 0 Å². The molecule has 0 atom stereocenters. The first kappa shape index (κ1) is 21.1. The molecule has 1 aliphatic heterocycles. The molecule has 1 amide bonds. The lowest BCUT2D eigenvalue weighted by Crippen LogP contribution is -2.40. The van der Waals surface area contributed by atoms with Gasteiger partial charge >= 0.3 is 0 Å². The maximum atomic E-state index is 11.6. The molecule has 0 saturated carbocycles. The van der Waals surface area contributed by atoms with Gasteiger partial charge in [-0.25, -0.2) is 9.97 Å².